The first-order valence-electron chi connectivity index (χ1n) is 7.84. The fraction of sp³-hybridized carbons (Fsp3) is 0.579. The molecule has 1 aromatic heterocycles. The maximum atomic E-state index is 13.1. The van der Waals surface area contributed by atoms with Crippen LogP contribution in [0.15, 0.2) is 18.5 Å². The largest absolute Gasteiger partial charge is 0.368 e. The summed E-state index contributed by atoms with van der Waals surface area (Å²) < 4.78 is 31.7. The fourth-order valence-electron chi connectivity index (χ4n) is 1.66. The van der Waals surface area contributed by atoms with E-state index in [1.54, 1.807) is 0 Å². The molecule has 0 aliphatic heterocycles. The van der Waals surface area contributed by atoms with E-state index in [1.165, 1.54) is 25.4 Å². The quantitative estimate of drug-likeness (QED) is 0.792. The molecule has 0 unspecified atom stereocenters. The van der Waals surface area contributed by atoms with Crippen molar-refractivity contribution in [1.82, 2.24) is 15.2 Å². The minimum absolute atomic E-state index is 0. The molecule has 4 nitrogen and oxygen atoms in total. The molecule has 0 bridgehead atoms. The van der Waals surface area contributed by atoms with Crippen LogP contribution in [0.2, 0.25) is 0 Å². The summed E-state index contributed by atoms with van der Waals surface area (Å²) in [7, 11) is 0. The number of nitrogens with one attached hydrogen (secondary N) is 1. The van der Waals surface area contributed by atoms with Gasteiger partial charge in [-0.25, -0.2) is 13.8 Å². The number of ether oxygens (including phenoxy) is 1. The fourth-order valence-corrected chi connectivity index (χ4v) is 1.66. The number of aromatic amines is 1. The molecule has 0 spiro atoms. The first kappa shape index (κ1) is 23.2. The van der Waals surface area contributed by atoms with Gasteiger partial charge >= 0.3 is 0 Å². The van der Waals surface area contributed by atoms with Crippen molar-refractivity contribution in [3.05, 3.63) is 47.0 Å². The van der Waals surface area contributed by atoms with Gasteiger partial charge in [0.1, 0.15) is 30.4 Å². The molecule has 6 heteroatoms. The average Bonchev–Trinajstić information content (AvgIpc) is 2.94. The first-order chi connectivity index (χ1) is 10.9. The number of hydrogen-bond donors (Lipinski definition) is 1. The van der Waals surface area contributed by atoms with Crippen LogP contribution >= 0.6 is 0 Å². The Morgan fingerprint density at radius 3 is 1.92 bits per heavy atom. The number of H-pyrrole nitrogens is 1. The Balaban J connectivity index is 0.000000449. The van der Waals surface area contributed by atoms with Crippen LogP contribution in [0.5, 0.6) is 0 Å². The number of nitrogens with zero attached hydrogens (tertiary/aromatic N) is 2. The number of aromatic nitrogens is 3. The molecule has 25 heavy (non-hydrogen) atoms. The van der Waals surface area contributed by atoms with E-state index in [0.29, 0.717) is 12.2 Å². The zero-order valence-electron chi connectivity index (χ0n) is 15.5. The van der Waals surface area contributed by atoms with E-state index >= 15 is 0 Å². The summed E-state index contributed by atoms with van der Waals surface area (Å²) in [6.07, 6.45) is 1.47. The van der Waals surface area contributed by atoms with Gasteiger partial charge in [-0.05, 0) is 50.8 Å². The Labute approximate surface area is 150 Å². The van der Waals surface area contributed by atoms with E-state index in [9.17, 15) is 8.78 Å². The molecular formula is C19H31F2N3O. The monoisotopic (exact) mass is 355 g/mol. The summed E-state index contributed by atoms with van der Waals surface area (Å²) in [6.45, 7) is 13.7. The zero-order chi connectivity index (χ0) is 18.5. The molecule has 0 aliphatic rings. The molecule has 2 aromatic rings. The van der Waals surface area contributed by atoms with Crippen molar-refractivity contribution >= 4 is 0 Å². The minimum atomic E-state index is -0.468. The number of rotatable bonds is 2. The van der Waals surface area contributed by atoms with E-state index in [-0.39, 0.29) is 24.0 Å². The van der Waals surface area contributed by atoms with Gasteiger partial charge in [-0.2, -0.15) is 5.10 Å². The van der Waals surface area contributed by atoms with Crippen molar-refractivity contribution in [3.8, 4) is 0 Å². The molecule has 1 aromatic carbocycles. The Morgan fingerprint density at radius 1 is 1.04 bits per heavy atom. The molecule has 0 amide bonds. The van der Waals surface area contributed by atoms with Crippen molar-refractivity contribution in [1.29, 1.82) is 0 Å². The van der Waals surface area contributed by atoms with Crippen LogP contribution in [0.4, 0.5) is 8.78 Å². The smallest absolute Gasteiger partial charge is 0.150 e. The zero-order valence-corrected chi connectivity index (χ0v) is 15.5. The van der Waals surface area contributed by atoms with Gasteiger partial charge in [0.2, 0.25) is 0 Å². The lowest BCUT2D eigenvalue weighted by atomic mass is 9.86. The van der Waals surface area contributed by atoms with Crippen LogP contribution in [0.3, 0.4) is 0 Å². The highest BCUT2D eigenvalue weighted by molar-refractivity contribution is 5.29. The van der Waals surface area contributed by atoms with Crippen molar-refractivity contribution in [2.45, 2.75) is 73.5 Å². The molecule has 0 radical (unpaired) electrons. The van der Waals surface area contributed by atoms with Gasteiger partial charge in [-0.3, -0.25) is 5.10 Å². The Morgan fingerprint density at radius 2 is 1.56 bits per heavy atom. The molecular weight excluding hydrogens is 324 g/mol. The molecule has 0 saturated carbocycles. The molecule has 0 aliphatic carbocycles. The van der Waals surface area contributed by atoms with Crippen LogP contribution < -0.4 is 0 Å². The highest BCUT2D eigenvalue weighted by Crippen LogP contribution is 2.25. The number of halogens is 2. The first-order valence-corrected chi connectivity index (χ1v) is 7.84. The van der Waals surface area contributed by atoms with Crippen LogP contribution in [0, 0.1) is 18.6 Å². The van der Waals surface area contributed by atoms with Crippen LogP contribution in [-0.4, -0.2) is 20.8 Å². The molecule has 2 rings (SSSR count). The lowest BCUT2D eigenvalue weighted by Gasteiger charge is -2.19. The predicted octanol–water partition coefficient (Wildman–Crippen LogP) is 5.33. The molecule has 0 atom stereocenters. The summed E-state index contributed by atoms with van der Waals surface area (Å²) >= 11 is 0. The Hall–Kier alpha value is -1.82. The predicted molar refractivity (Wildman–Crippen MR) is 97.5 cm³/mol. The van der Waals surface area contributed by atoms with Crippen LogP contribution in [0.25, 0.3) is 0 Å². The minimum Gasteiger partial charge on any atom is -0.368 e. The Bertz CT molecular complexity index is 619. The van der Waals surface area contributed by atoms with Gasteiger partial charge in [0, 0.05) is 5.56 Å². The third kappa shape index (κ3) is 8.20. The van der Waals surface area contributed by atoms with Crippen molar-refractivity contribution in [3.63, 3.8) is 0 Å². The summed E-state index contributed by atoms with van der Waals surface area (Å²) in [5.74, 6) is -0.172. The van der Waals surface area contributed by atoms with Gasteiger partial charge in [0.15, 0.2) is 0 Å². The molecule has 0 saturated heterocycles. The van der Waals surface area contributed by atoms with Crippen LogP contribution in [0.1, 0.15) is 65.9 Å². The highest BCUT2D eigenvalue weighted by Gasteiger charge is 2.17. The van der Waals surface area contributed by atoms with Gasteiger partial charge in [0.05, 0.1) is 5.60 Å². The van der Waals surface area contributed by atoms with E-state index in [4.69, 9.17) is 4.74 Å². The van der Waals surface area contributed by atoms with Gasteiger partial charge in [0.25, 0.3) is 0 Å². The van der Waals surface area contributed by atoms with Crippen molar-refractivity contribution < 1.29 is 13.5 Å². The SMILES string of the molecule is C.CC(C)(C)OCc1ncn[nH]1.Cc1c(F)cc(C(C)(C)C)cc1F. The Kier molecular flexibility index (Phi) is 8.38. The molecule has 0 fully saturated rings. The van der Waals surface area contributed by atoms with E-state index in [2.05, 4.69) is 15.2 Å². The van der Waals surface area contributed by atoms with Gasteiger partial charge in [-0.15, -0.1) is 0 Å². The summed E-state index contributed by atoms with van der Waals surface area (Å²) in [4.78, 5) is 3.93. The van der Waals surface area contributed by atoms with E-state index in [1.807, 2.05) is 41.5 Å². The van der Waals surface area contributed by atoms with Crippen LogP contribution in [-0.2, 0) is 16.8 Å². The van der Waals surface area contributed by atoms with E-state index in [0.717, 1.165) is 5.82 Å². The maximum Gasteiger partial charge on any atom is 0.150 e. The van der Waals surface area contributed by atoms with Gasteiger partial charge < -0.3 is 4.74 Å². The average molecular weight is 355 g/mol. The molecule has 1 N–H and O–H groups in total. The highest BCUT2D eigenvalue weighted by atomic mass is 19.1. The molecule has 142 valence electrons. The van der Waals surface area contributed by atoms with Crippen molar-refractivity contribution in [2.24, 2.45) is 0 Å². The standard InChI is InChI=1S/C11H14F2.C7H13N3O.CH4/c1-7-9(12)5-8(6-10(7)13)11(2,3)4;1-7(2,3)11-4-6-8-5-9-10-6;/h5-6H,1-4H3;5H,4H2,1-3H3,(H,8,9,10);1H4. The summed E-state index contributed by atoms with van der Waals surface area (Å²) in [6, 6.07) is 2.80. The lowest BCUT2D eigenvalue weighted by molar-refractivity contribution is -0.0180. The summed E-state index contributed by atoms with van der Waals surface area (Å²) in [5, 5.41) is 6.43. The second-order valence-electron chi connectivity index (χ2n) is 7.65. The van der Waals surface area contributed by atoms with Crippen molar-refractivity contribution in [2.75, 3.05) is 0 Å². The van der Waals surface area contributed by atoms with E-state index < -0.39 is 11.6 Å². The number of hydrogen-bond acceptors (Lipinski definition) is 3. The normalized spacial score (nSPS) is 11.4. The lowest BCUT2D eigenvalue weighted by Crippen LogP contribution is -2.19. The maximum absolute atomic E-state index is 13.1. The third-order valence-corrected chi connectivity index (χ3v) is 3.25. The molecule has 1 heterocycles. The topological polar surface area (TPSA) is 50.8 Å². The second kappa shape index (κ2) is 9.04. The van der Waals surface area contributed by atoms with Gasteiger partial charge in [-0.1, -0.05) is 28.2 Å². The summed E-state index contributed by atoms with van der Waals surface area (Å²) in [5.41, 5.74) is 0.448. The third-order valence-electron chi connectivity index (χ3n) is 3.25. The number of benzene rings is 1. The second-order valence-corrected chi connectivity index (χ2v) is 7.65.